The van der Waals surface area contributed by atoms with E-state index in [4.69, 9.17) is 5.73 Å². The number of anilines is 1. The minimum absolute atomic E-state index is 0.188. The van der Waals surface area contributed by atoms with Crippen LogP contribution < -0.4 is 16.0 Å². The van der Waals surface area contributed by atoms with Crippen LogP contribution in [-0.2, 0) is 11.2 Å². The van der Waals surface area contributed by atoms with Gasteiger partial charge in [0.05, 0.1) is 6.42 Å². The van der Waals surface area contributed by atoms with Gasteiger partial charge in [-0.05, 0) is 55.1 Å². The van der Waals surface area contributed by atoms with E-state index in [1.807, 2.05) is 7.05 Å². The topological polar surface area (TPSA) is 58.4 Å². The molecule has 1 amide bonds. The van der Waals surface area contributed by atoms with Gasteiger partial charge in [0.2, 0.25) is 5.91 Å². The van der Waals surface area contributed by atoms with E-state index in [0.29, 0.717) is 24.8 Å². The third-order valence-corrected chi connectivity index (χ3v) is 4.52. The first-order chi connectivity index (χ1) is 9.20. The molecular weight excluding hydrogens is 238 g/mol. The van der Waals surface area contributed by atoms with E-state index in [0.717, 1.165) is 25.2 Å². The summed E-state index contributed by atoms with van der Waals surface area (Å²) in [6.07, 6.45) is 1.67. The standard InChI is InChI=1S/C15H21N3O/c1-18-14-3-2-10(6-11(14)7-15(18)19)13-4-5-17-9-12(13)8-16/h2-3,6,12-13,17H,4-5,7-9,16H2,1H3. The number of benzene rings is 1. The lowest BCUT2D eigenvalue weighted by molar-refractivity contribution is -0.117. The van der Waals surface area contributed by atoms with Crippen LogP contribution in [0.4, 0.5) is 5.69 Å². The van der Waals surface area contributed by atoms with E-state index in [1.54, 1.807) is 4.90 Å². The minimum Gasteiger partial charge on any atom is -0.330 e. The molecule has 1 aromatic rings. The average molecular weight is 259 g/mol. The summed E-state index contributed by atoms with van der Waals surface area (Å²) in [7, 11) is 1.85. The first-order valence-electron chi connectivity index (χ1n) is 7.01. The van der Waals surface area contributed by atoms with E-state index >= 15 is 0 Å². The third-order valence-electron chi connectivity index (χ3n) is 4.52. The fourth-order valence-electron chi connectivity index (χ4n) is 3.33. The van der Waals surface area contributed by atoms with Crippen LogP contribution in [0, 0.1) is 5.92 Å². The van der Waals surface area contributed by atoms with Gasteiger partial charge in [0.15, 0.2) is 0 Å². The maximum atomic E-state index is 11.7. The van der Waals surface area contributed by atoms with Crippen LogP contribution in [0.3, 0.4) is 0 Å². The summed E-state index contributed by atoms with van der Waals surface area (Å²) in [6, 6.07) is 6.48. The largest absolute Gasteiger partial charge is 0.330 e. The van der Waals surface area contributed by atoms with Crippen molar-refractivity contribution in [3.05, 3.63) is 29.3 Å². The summed E-state index contributed by atoms with van der Waals surface area (Å²) >= 11 is 0. The first-order valence-corrected chi connectivity index (χ1v) is 7.01. The molecule has 1 saturated heterocycles. The Bertz CT molecular complexity index is 500. The molecule has 0 aliphatic carbocycles. The molecule has 2 atom stereocenters. The molecule has 0 bridgehead atoms. The predicted molar refractivity (Wildman–Crippen MR) is 76.3 cm³/mol. The Kier molecular flexibility index (Phi) is 3.29. The summed E-state index contributed by atoms with van der Waals surface area (Å²) in [5, 5.41) is 3.41. The van der Waals surface area contributed by atoms with Crippen molar-refractivity contribution in [1.29, 1.82) is 0 Å². The first kappa shape index (κ1) is 12.6. The van der Waals surface area contributed by atoms with Gasteiger partial charge in [-0.2, -0.15) is 0 Å². The van der Waals surface area contributed by atoms with Crippen molar-refractivity contribution in [3.63, 3.8) is 0 Å². The molecule has 4 nitrogen and oxygen atoms in total. The second-order valence-electron chi connectivity index (χ2n) is 5.61. The number of hydrogen-bond donors (Lipinski definition) is 2. The van der Waals surface area contributed by atoms with Crippen LogP contribution in [-0.4, -0.2) is 32.6 Å². The molecule has 3 N–H and O–H groups in total. The van der Waals surface area contributed by atoms with Gasteiger partial charge in [-0.25, -0.2) is 0 Å². The van der Waals surface area contributed by atoms with Crippen molar-refractivity contribution in [2.24, 2.45) is 11.7 Å². The molecule has 0 saturated carbocycles. The second kappa shape index (κ2) is 4.94. The highest BCUT2D eigenvalue weighted by Crippen LogP contribution is 2.35. The van der Waals surface area contributed by atoms with Crippen molar-refractivity contribution in [1.82, 2.24) is 5.32 Å². The van der Waals surface area contributed by atoms with E-state index < -0.39 is 0 Å². The molecule has 1 fully saturated rings. The number of carbonyl (C=O) groups is 1. The molecule has 3 rings (SSSR count). The summed E-state index contributed by atoms with van der Waals surface area (Å²) in [6.45, 7) is 2.77. The van der Waals surface area contributed by atoms with E-state index in [1.165, 1.54) is 11.1 Å². The highest BCUT2D eigenvalue weighted by atomic mass is 16.2. The SMILES string of the molecule is CN1C(=O)Cc2cc(C3CCNCC3CN)ccc21. The summed E-state index contributed by atoms with van der Waals surface area (Å²) < 4.78 is 0. The van der Waals surface area contributed by atoms with Crippen LogP contribution >= 0.6 is 0 Å². The Morgan fingerprint density at radius 2 is 2.32 bits per heavy atom. The lowest BCUT2D eigenvalue weighted by Crippen LogP contribution is -2.39. The molecule has 1 aromatic carbocycles. The zero-order valence-corrected chi connectivity index (χ0v) is 11.4. The Morgan fingerprint density at radius 1 is 1.47 bits per heavy atom. The van der Waals surface area contributed by atoms with Crippen molar-refractivity contribution in [2.45, 2.75) is 18.8 Å². The van der Waals surface area contributed by atoms with Crippen LogP contribution in [0.25, 0.3) is 0 Å². The molecule has 4 heteroatoms. The number of hydrogen-bond acceptors (Lipinski definition) is 3. The minimum atomic E-state index is 0.188. The number of nitrogens with two attached hydrogens (primary N) is 1. The number of nitrogens with zero attached hydrogens (tertiary/aromatic N) is 1. The van der Waals surface area contributed by atoms with Gasteiger partial charge >= 0.3 is 0 Å². The zero-order valence-electron chi connectivity index (χ0n) is 11.4. The van der Waals surface area contributed by atoms with Gasteiger partial charge in [0, 0.05) is 12.7 Å². The predicted octanol–water partition coefficient (Wildman–Crippen LogP) is 0.857. The van der Waals surface area contributed by atoms with Gasteiger partial charge < -0.3 is 16.0 Å². The van der Waals surface area contributed by atoms with Gasteiger partial charge in [0.1, 0.15) is 0 Å². The molecule has 19 heavy (non-hydrogen) atoms. The Balaban J connectivity index is 1.90. The number of nitrogens with one attached hydrogen (secondary N) is 1. The van der Waals surface area contributed by atoms with Gasteiger partial charge in [0.25, 0.3) is 0 Å². The molecule has 2 aliphatic heterocycles. The molecule has 102 valence electrons. The summed E-state index contributed by atoms with van der Waals surface area (Å²) in [5.74, 6) is 1.21. The Labute approximate surface area is 114 Å². The second-order valence-corrected chi connectivity index (χ2v) is 5.61. The molecular formula is C15H21N3O. The summed E-state index contributed by atoms with van der Waals surface area (Å²) in [5.41, 5.74) is 9.46. The molecule has 2 heterocycles. The third kappa shape index (κ3) is 2.15. The normalized spacial score (nSPS) is 26.6. The maximum absolute atomic E-state index is 11.7. The Morgan fingerprint density at radius 3 is 3.11 bits per heavy atom. The number of piperidine rings is 1. The molecule has 2 unspecified atom stereocenters. The average Bonchev–Trinajstić information content (AvgIpc) is 2.73. The summed E-state index contributed by atoms with van der Waals surface area (Å²) in [4.78, 5) is 13.5. The maximum Gasteiger partial charge on any atom is 0.231 e. The van der Waals surface area contributed by atoms with Crippen molar-refractivity contribution in [3.8, 4) is 0 Å². The number of rotatable bonds is 2. The lowest BCUT2D eigenvalue weighted by Gasteiger charge is -2.32. The van der Waals surface area contributed by atoms with Crippen molar-refractivity contribution < 1.29 is 4.79 Å². The number of amides is 1. The molecule has 0 spiro atoms. The number of fused-ring (bicyclic) bond motifs is 1. The molecule has 0 aromatic heterocycles. The fraction of sp³-hybridized carbons (Fsp3) is 0.533. The van der Waals surface area contributed by atoms with Gasteiger partial charge in [-0.1, -0.05) is 12.1 Å². The molecule has 0 radical (unpaired) electrons. The number of likely N-dealkylation sites (N-methyl/N-ethyl adjacent to an activating group) is 1. The van der Waals surface area contributed by atoms with Crippen molar-refractivity contribution >= 4 is 11.6 Å². The van der Waals surface area contributed by atoms with Crippen LogP contribution in [0.2, 0.25) is 0 Å². The lowest BCUT2D eigenvalue weighted by atomic mass is 9.80. The fourth-order valence-corrected chi connectivity index (χ4v) is 3.33. The van der Waals surface area contributed by atoms with Crippen molar-refractivity contribution in [2.75, 3.05) is 31.6 Å². The van der Waals surface area contributed by atoms with E-state index in [9.17, 15) is 4.79 Å². The van der Waals surface area contributed by atoms with E-state index in [-0.39, 0.29) is 5.91 Å². The van der Waals surface area contributed by atoms with Crippen LogP contribution in [0.1, 0.15) is 23.5 Å². The van der Waals surface area contributed by atoms with Crippen LogP contribution in [0.15, 0.2) is 18.2 Å². The monoisotopic (exact) mass is 259 g/mol. The highest BCUT2D eigenvalue weighted by Gasteiger charge is 2.28. The molecule has 2 aliphatic rings. The van der Waals surface area contributed by atoms with E-state index in [2.05, 4.69) is 23.5 Å². The zero-order chi connectivity index (χ0) is 13.4. The van der Waals surface area contributed by atoms with Gasteiger partial charge in [-0.15, -0.1) is 0 Å². The smallest absolute Gasteiger partial charge is 0.231 e. The van der Waals surface area contributed by atoms with Crippen LogP contribution in [0.5, 0.6) is 0 Å². The number of carbonyl (C=O) groups excluding carboxylic acids is 1. The highest BCUT2D eigenvalue weighted by molar-refractivity contribution is 6.00. The van der Waals surface area contributed by atoms with Gasteiger partial charge in [-0.3, -0.25) is 4.79 Å². The quantitative estimate of drug-likeness (QED) is 0.828. The Hall–Kier alpha value is -1.39.